The minimum atomic E-state index is -3.37. The Morgan fingerprint density at radius 3 is 2.60 bits per heavy atom. The van der Waals surface area contributed by atoms with E-state index in [0.29, 0.717) is 41.4 Å². The molecule has 0 fully saturated rings. The van der Waals surface area contributed by atoms with Gasteiger partial charge in [0.15, 0.2) is 19.0 Å². The average molecular weight is 452 g/mol. The fourth-order valence-electron chi connectivity index (χ4n) is 3.26. The molecule has 0 saturated heterocycles. The summed E-state index contributed by atoms with van der Waals surface area (Å²) in [6.07, 6.45) is 2.51. The number of sulfonamides is 1. The molecule has 0 aromatic heterocycles. The monoisotopic (exact) mass is 451 g/mol. The highest BCUT2D eigenvalue weighted by Gasteiger charge is 2.24. The van der Waals surface area contributed by atoms with Crippen molar-refractivity contribution >= 4 is 39.1 Å². The molecule has 0 unspecified atom stereocenters. The fourth-order valence-corrected chi connectivity index (χ4v) is 4.49. The molecule has 0 aliphatic carbocycles. The van der Waals surface area contributed by atoms with Crippen LogP contribution >= 0.6 is 11.6 Å². The lowest BCUT2D eigenvalue weighted by molar-refractivity contribution is -0.144. The lowest BCUT2D eigenvalue weighted by Crippen LogP contribution is -2.34. The van der Waals surface area contributed by atoms with Gasteiger partial charge in [-0.2, -0.15) is 0 Å². The first-order valence-corrected chi connectivity index (χ1v) is 11.6. The van der Waals surface area contributed by atoms with Crippen LogP contribution in [-0.4, -0.2) is 46.2 Å². The number of halogens is 1. The summed E-state index contributed by atoms with van der Waals surface area (Å²) in [5.74, 6) is -0.531. The second-order valence-corrected chi connectivity index (χ2v) is 9.41. The normalized spacial score (nSPS) is 13.5. The summed E-state index contributed by atoms with van der Waals surface area (Å²) < 4.78 is 35.6. The van der Waals surface area contributed by atoms with E-state index in [-0.39, 0.29) is 12.4 Å². The number of carbonyl (C=O) groups is 2. The second kappa shape index (κ2) is 9.06. The van der Waals surface area contributed by atoms with Gasteiger partial charge in [-0.15, -0.1) is 0 Å². The van der Waals surface area contributed by atoms with Crippen molar-refractivity contribution in [3.63, 3.8) is 0 Å². The summed E-state index contributed by atoms with van der Waals surface area (Å²) in [6.45, 7) is 1.47. The zero-order valence-electron chi connectivity index (χ0n) is 16.7. The number of ketones is 1. The molecule has 160 valence electrons. The van der Waals surface area contributed by atoms with Crippen LogP contribution in [0.15, 0.2) is 36.4 Å². The van der Waals surface area contributed by atoms with Gasteiger partial charge in [0.1, 0.15) is 5.75 Å². The van der Waals surface area contributed by atoms with Crippen LogP contribution in [0.4, 0.5) is 5.69 Å². The minimum absolute atomic E-state index is 0.330. The topological polar surface area (TPSA) is 90.0 Å². The maximum atomic E-state index is 12.4. The SMILES string of the molecule is Cc1cc(Cl)ccc1OCC(=O)OCC(=O)c1ccc2c(c1)CCCN2S(C)(=O)=O. The predicted octanol–water partition coefficient (Wildman–Crippen LogP) is 3.17. The molecule has 2 aromatic carbocycles. The van der Waals surface area contributed by atoms with Gasteiger partial charge in [-0.3, -0.25) is 9.10 Å². The van der Waals surface area contributed by atoms with E-state index in [2.05, 4.69) is 0 Å². The van der Waals surface area contributed by atoms with Crippen molar-refractivity contribution in [1.82, 2.24) is 0 Å². The van der Waals surface area contributed by atoms with Crippen molar-refractivity contribution in [2.75, 3.05) is 30.3 Å². The number of rotatable bonds is 7. The Labute approximate surface area is 180 Å². The number of ether oxygens (including phenoxy) is 2. The number of fused-ring (bicyclic) bond motifs is 1. The molecule has 0 amide bonds. The number of nitrogens with zero attached hydrogens (tertiary/aromatic N) is 1. The second-order valence-electron chi connectivity index (χ2n) is 7.06. The molecule has 0 N–H and O–H groups in total. The highest BCUT2D eigenvalue weighted by molar-refractivity contribution is 7.92. The van der Waals surface area contributed by atoms with Gasteiger partial charge in [0, 0.05) is 17.1 Å². The third-order valence-electron chi connectivity index (χ3n) is 4.72. The Morgan fingerprint density at radius 2 is 1.90 bits per heavy atom. The fraction of sp³-hybridized carbons (Fsp3) is 0.333. The van der Waals surface area contributed by atoms with Gasteiger partial charge in [0.2, 0.25) is 10.0 Å². The summed E-state index contributed by atoms with van der Waals surface area (Å²) in [5, 5.41) is 0.567. The van der Waals surface area contributed by atoms with Crippen molar-refractivity contribution in [3.8, 4) is 5.75 Å². The van der Waals surface area contributed by atoms with Crippen molar-refractivity contribution in [2.24, 2.45) is 0 Å². The van der Waals surface area contributed by atoms with Crippen LogP contribution < -0.4 is 9.04 Å². The lowest BCUT2D eigenvalue weighted by Gasteiger charge is -2.29. The number of aryl methyl sites for hydroxylation is 2. The van der Waals surface area contributed by atoms with Crippen LogP contribution in [0.2, 0.25) is 5.02 Å². The van der Waals surface area contributed by atoms with Crippen molar-refractivity contribution in [2.45, 2.75) is 19.8 Å². The third-order valence-corrected chi connectivity index (χ3v) is 6.14. The van der Waals surface area contributed by atoms with E-state index in [4.69, 9.17) is 21.1 Å². The summed E-state index contributed by atoms with van der Waals surface area (Å²) >= 11 is 5.88. The quantitative estimate of drug-likeness (QED) is 0.474. The van der Waals surface area contributed by atoms with Crippen LogP contribution in [0, 0.1) is 6.92 Å². The molecule has 0 radical (unpaired) electrons. The lowest BCUT2D eigenvalue weighted by atomic mass is 9.99. The Balaban J connectivity index is 1.58. The molecule has 30 heavy (non-hydrogen) atoms. The van der Waals surface area contributed by atoms with Gasteiger partial charge in [0.05, 0.1) is 11.9 Å². The maximum Gasteiger partial charge on any atom is 0.344 e. The van der Waals surface area contributed by atoms with E-state index < -0.39 is 22.6 Å². The van der Waals surface area contributed by atoms with E-state index in [1.54, 1.807) is 43.3 Å². The smallest absolute Gasteiger partial charge is 0.344 e. The number of Topliss-reactive ketones (excluding diaryl/α,β-unsaturated/α-hetero) is 1. The highest BCUT2D eigenvalue weighted by Crippen LogP contribution is 2.30. The first kappa shape index (κ1) is 22.1. The molecule has 0 spiro atoms. The van der Waals surface area contributed by atoms with Crippen LogP contribution in [-0.2, 0) is 26.0 Å². The van der Waals surface area contributed by atoms with Crippen LogP contribution in [0.1, 0.15) is 27.9 Å². The molecule has 1 heterocycles. The van der Waals surface area contributed by atoms with Gasteiger partial charge in [-0.1, -0.05) is 11.6 Å². The Hall–Kier alpha value is -2.58. The number of esters is 1. The average Bonchev–Trinajstić information content (AvgIpc) is 2.69. The van der Waals surface area contributed by atoms with Crippen molar-refractivity contribution < 1.29 is 27.5 Å². The Kier molecular flexibility index (Phi) is 6.67. The van der Waals surface area contributed by atoms with Crippen LogP contribution in [0.5, 0.6) is 5.75 Å². The molecule has 2 aromatic rings. The molecule has 1 aliphatic rings. The first-order chi connectivity index (χ1) is 14.1. The highest BCUT2D eigenvalue weighted by atomic mass is 35.5. The molecular weight excluding hydrogens is 430 g/mol. The largest absolute Gasteiger partial charge is 0.482 e. The van der Waals surface area contributed by atoms with Gasteiger partial charge in [0.25, 0.3) is 0 Å². The molecule has 3 rings (SSSR count). The van der Waals surface area contributed by atoms with Gasteiger partial charge >= 0.3 is 5.97 Å². The summed E-state index contributed by atoms with van der Waals surface area (Å²) in [7, 11) is -3.37. The number of benzene rings is 2. The van der Waals surface area contributed by atoms with Gasteiger partial charge in [-0.05, 0) is 67.3 Å². The van der Waals surface area contributed by atoms with Gasteiger partial charge in [-0.25, -0.2) is 13.2 Å². The van der Waals surface area contributed by atoms with Crippen LogP contribution in [0.3, 0.4) is 0 Å². The Bertz CT molecular complexity index is 1080. The van der Waals surface area contributed by atoms with E-state index in [0.717, 1.165) is 17.4 Å². The molecule has 9 heteroatoms. The number of carbonyl (C=O) groups excluding carboxylic acids is 2. The first-order valence-electron chi connectivity index (χ1n) is 9.33. The number of hydrogen-bond acceptors (Lipinski definition) is 6. The van der Waals surface area contributed by atoms with Gasteiger partial charge < -0.3 is 9.47 Å². The molecule has 1 aliphatic heterocycles. The molecule has 0 saturated carbocycles. The van der Waals surface area contributed by atoms with E-state index in [9.17, 15) is 18.0 Å². The van der Waals surface area contributed by atoms with E-state index in [1.165, 1.54) is 4.31 Å². The molecule has 7 nitrogen and oxygen atoms in total. The molecule has 0 atom stereocenters. The summed E-state index contributed by atoms with van der Waals surface area (Å²) in [4.78, 5) is 24.3. The maximum absolute atomic E-state index is 12.4. The number of hydrogen-bond donors (Lipinski definition) is 0. The zero-order valence-corrected chi connectivity index (χ0v) is 18.3. The minimum Gasteiger partial charge on any atom is -0.482 e. The predicted molar refractivity (Wildman–Crippen MR) is 114 cm³/mol. The Morgan fingerprint density at radius 1 is 1.13 bits per heavy atom. The molecular formula is C21H22ClNO6S. The van der Waals surface area contributed by atoms with Crippen molar-refractivity contribution in [1.29, 1.82) is 0 Å². The zero-order chi connectivity index (χ0) is 21.9. The van der Waals surface area contributed by atoms with E-state index >= 15 is 0 Å². The third kappa shape index (κ3) is 5.31. The van der Waals surface area contributed by atoms with Crippen LogP contribution in [0.25, 0.3) is 0 Å². The summed E-state index contributed by atoms with van der Waals surface area (Å²) in [5.41, 5.74) is 2.52. The number of anilines is 1. The molecule has 0 bridgehead atoms. The van der Waals surface area contributed by atoms with E-state index in [1.807, 2.05) is 0 Å². The van der Waals surface area contributed by atoms with Crippen molar-refractivity contribution in [3.05, 3.63) is 58.1 Å². The summed E-state index contributed by atoms with van der Waals surface area (Å²) in [6, 6.07) is 9.86. The standard InChI is InChI=1S/C21H22ClNO6S/c1-14-10-17(22)6-8-20(14)28-13-21(25)29-12-19(24)16-5-7-18-15(11-16)4-3-9-23(18)30(2,26)27/h5-8,10-11H,3-4,9,12-13H2,1-2H3.